The number of rotatable bonds is 8. The lowest BCUT2D eigenvalue weighted by molar-refractivity contribution is 1.28. The van der Waals surface area contributed by atoms with Gasteiger partial charge in [-0.2, -0.15) is 0 Å². The molecular weight excluding hydrogens is 743 g/mol. The van der Waals surface area contributed by atoms with Gasteiger partial charge in [-0.3, -0.25) is 0 Å². The molecule has 0 amide bonds. The molecule has 0 bridgehead atoms. The van der Waals surface area contributed by atoms with Crippen LogP contribution in [0.1, 0.15) is 0 Å². The van der Waals surface area contributed by atoms with Crippen LogP contribution in [0.25, 0.3) is 86.6 Å². The van der Waals surface area contributed by atoms with E-state index in [-0.39, 0.29) is 0 Å². The second kappa shape index (κ2) is 15.3. The van der Waals surface area contributed by atoms with Crippen molar-refractivity contribution in [2.24, 2.45) is 0 Å². The molecule has 2 heteroatoms. The molecule has 0 saturated carbocycles. The predicted molar refractivity (Wildman–Crippen MR) is 259 cm³/mol. The van der Waals surface area contributed by atoms with Gasteiger partial charge in [0.25, 0.3) is 0 Å². The molecule has 0 atom stereocenters. The van der Waals surface area contributed by atoms with Crippen LogP contribution in [-0.4, -0.2) is 0 Å². The molecule has 11 aromatic rings. The normalized spacial score (nSPS) is 11.3. The van der Waals surface area contributed by atoms with Crippen molar-refractivity contribution in [1.82, 2.24) is 0 Å². The number of fused-ring (bicyclic) bond motifs is 4. The van der Waals surface area contributed by atoms with E-state index in [2.05, 4.69) is 241 Å². The molecule has 0 unspecified atom stereocenters. The predicted octanol–water partition coefficient (Wildman–Crippen LogP) is 17.0. The molecule has 60 heavy (non-hydrogen) atoms. The Morgan fingerprint density at radius 3 is 1.45 bits per heavy atom. The number of nitrogens with zero attached hydrogens (tertiary/aromatic N) is 1. The van der Waals surface area contributed by atoms with E-state index in [1.165, 1.54) is 81.0 Å². The SMILES string of the molecule is c1ccc(-c2ccccc2-c2ccccc2-c2ccccc2N(c2ccc(-c3cccc4ccccc34)cc2)c2ccc(-c3cccc4sc5ccccc5c34)cc2)cc1. The van der Waals surface area contributed by atoms with Crippen molar-refractivity contribution in [3.8, 4) is 55.6 Å². The van der Waals surface area contributed by atoms with Crippen molar-refractivity contribution in [3.63, 3.8) is 0 Å². The van der Waals surface area contributed by atoms with E-state index in [1.54, 1.807) is 0 Å². The first-order chi connectivity index (χ1) is 29.8. The fourth-order valence-corrected chi connectivity index (χ4v) is 10.1. The Morgan fingerprint density at radius 2 is 0.717 bits per heavy atom. The summed E-state index contributed by atoms with van der Waals surface area (Å²) in [5.41, 5.74) is 15.3. The third-order valence-corrected chi connectivity index (χ3v) is 12.9. The van der Waals surface area contributed by atoms with Gasteiger partial charge >= 0.3 is 0 Å². The van der Waals surface area contributed by atoms with Gasteiger partial charge < -0.3 is 4.90 Å². The molecule has 1 aromatic heterocycles. The molecule has 282 valence electrons. The summed E-state index contributed by atoms with van der Waals surface area (Å²) in [6.07, 6.45) is 0. The maximum atomic E-state index is 2.42. The molecule has 0 aliphatic carbocycles. The zero-order chi connectivity index (χ0) is 39.8. The number of thiophene rings is 1. The summed E-state index contributed by atoms with van der Waals surface area (Å²) >= 11 is 1.86. The fourth-order valence-electron chi connectivity index (χ4n) is 8.94. The summed E-state index contributed by atoms with van der Waals surface area (Å²) in [4.78, 5) is 2.42. The highest BCUT2D eigenvalue weighted by atomic mass is 32.1. The first kappa shape index (κ1) is 35.6. The van der Waals surface area contributed by atoms with Gasteiger partial charge in [0.15, 0.2) is 0 Å². The monoisotopic (exact) mass is 781 g/mol. The van der Waals surface area contributed by atoms with Crippen molar-refractivity contribution in [3.05, 3.63) is 237 Å². The summed E-state index contributed by atoms with van der Waals surface area (Å²) in [5, 5.41) is 5.13. The van der Waals surface area contributed by atoms with Crippen LogP contribution in [0.2, 0.25) is 0 Å². The summed E-state index contributed by atoms with van der Waals surface area (Å²) in [5.74, 6) is 0. The quantitative estimate of drug-likeness (QED) is 0.148. The zero-order valence-corrected chi connectivity index (χ0v) is 33.7. The minimum Gasteiger partial charge on any atom is -0.310 e. The second-order valence-corrected chi connectivity index (χ2v) is 16.3. The van der Waals surface area contributed by atoms with Crippen LogP contribution in [0.3, 0.4) is 0 Å². The maximum Gasteiger partial charge on any atom is 0.0540 e. The number of benzene rings is 10. The maximum absolute atomic E-state index is 2.42. The van der Waals surface area contributed by atoms with Crippen molar-refractivity contribution in [2.75, 3.05) is 4.90 Å². The Morgan fingerprint density at radius 1 is 0.267 bits per heavy atom. The first-order valence-corrected chi connectivity index (χ1v) is 21.3. The van der Waals surface area contributed by atoms with Crippen LogP contribution in [0, 0.1) is 0 Å². The standard InChI is InChI=1S/C58H39NS/c1-2-16-40(17-3-1)48-21-6-7-22-50(48)51-23-8-9-24-52(51)53-25-10-12-29-55(53)59(44-36-32-42(33-37-44)47-27-14-19-41-18-4-5-20-46(41)47)45-38-34-43(35-39-45)49-28-15-31-57-58(49)54-26-11-13-30-56(54)60-57/h1-39H. The molecule has 0 N–H and O–H groups in total. The summed E-state index contributed by atoms with van der Waals surface area (Å²) in [7, 11) is 0. The van der Waals surface area contributed by atoms with Gasteiger partial charge in [0.1, 0.15) is 0 Å². The van der Waals surface area contributed by atoms with Crippen molar-refractivity contribution in [1.29, 1.82) is 0 Å². The molecule has 0 radical (unpaired) electrons. The lowest BCUT2D eigenvalue weighted by Gasteiger charge is -2.29. The van der Waals surface area contributed by atoms with Crippen LogP contribution >= 0.6 is 11.3 Å². The topological polar surface area (TPSA) is 3.24 Å². The van der Waals surface area contributed by atoms with Gasteiger partial charge in [-0.15, -0.1) is 11.3 Å². The third kappa shape index (κ3) is 6.35. The molecule has 0 spiro atoms. The lowest BCUT2D eigenvalue weighted by Crippen LogP contribution is -2.11. The fraction of sp³-hybridized carbons (Fsp3) is 0. The average molecular weight is 782 g/mol. The van der Waals surface area contributed by atoms with Crippen molar-refractivity contribution < 1.29 is 0 Å². The molecule has 0 fully saturated rings. The van der Waals surface area contributed by atoms with Crippen LogP contribution in [0.5, 0.6) is 0 Å². The highest BCUT2D eigenvalue weighted by Crippen LogP contribution is 2.46. The molecular formula is C58H39NS. The van der Waals surface area contributed by atoms with E-state index in [1.807, 2.05) is 11.3 Å². The molecule has 0 aliphatic heterocycles. The Labute approximate surface area is 354 Å². The van der Waals surface area contributed by atoms with Gasteiger partial charge in [-0.25, -0.2) is 0 Å². The summed E-state index contributed by atoms with van der Waals surface area (Å²) in [6, 6.07) is 86.1. The lowest BCUT2D eigenvalue weighted by atomic mass is 9.88. The van der Waals surface area contributed by atoms with Crippen LogP contribution in [0.15, 0.2) is 237 Å². The molecule has 0 saturated heterocycles. The van der Waals surface area contributed by atoms with E-state index in [9.17, 15) is 0 Å². The van der Waals surface area contributed by atoms with Gasteiger partial charge in [0.2, 0.25) is 0 Å². The Bertz CT molecular complexity index is 3300. The van der Waals surface area contributed by atoms with E-state index >= 15 is 0 Å². The van der Waals surface area contributed by atoms with Gasteiger partial charge in [0.05, 0.1) is 5.69 Å². The van der Waals surface area contributed by atoms with E-state index in [0.717, 1.165) is 22.6 Å². The van der Waals surface area contributed by atoms with Gasteiger partial charge in [0, 0.05) is 37.1 Å². The first-order valence-electron chi connectivity index (χ1n) is 20.5. The minimum absolute atomic E-state index is 1.09. The number of hydrogen-bond donors (Lipinski definition) is 0. The number of hydrogen-bond acceptors (Lipinski definition) is 2. The van der Waals surface area contributed by atoms with Crippen LogP contribution < -0.4 is 4.90 Å². The van der Waals surface area contributed by atoms with Crippen molar-refractivity contribution in [2.45, 2.75) is 0 Å². The molecule has 1 nitrogen and oxygen atoms in total. The largest absolute Gasteiger partial charge is 0.310 e. The highest BCUT2D eigenvalue weighted by molar-refractivity contribution is 7.25. The third-order valence-electron chi connectivity index (χ3n) is 11.7. The van der Waals surface area contributed by atoms with E-state index < -0.39 is 0 Å². The number of para-hydroxylation sites is 1. The second-order valence-electron chi connectivity index (χ2n) is 15.2. The number of anilines is 3. The van der Waals surface area contributed by atoms with Gasteiger partial charge in [-0.05, 0) is 103 Å². The molecule has 0 aliphatic rings. The zero-order valence-electron chi connectivity index (χ0n) is 32.9. The minimum atomic E-state index is 1.09. The molecule has 11 rings (SSSR count). The molecule has 10 aromatic carbocycles. The van der Waals surface area contributed by atoms with Crippen LogP contribution in [0.4, 0.5) is 17.1 Å². The Hall–Kier alpha value is -7.52. The Balaban J connectivity index is 1.07. The summed E-state index contributed by atoms with van der Waals surface area (Å²) in [6.45, 7) is 0. The smallest absolute Gasteiger partial charge is 0.0540 e. The summed E-state index contributed by atoms with van der Waals surface area (Å²) < 4.78 is 2.63. The van der Waals surface area contributed by atoms with Crippen LogP contribution in [-0.2, 0) is 0 Å². The van der Waals surface area contributed by atoms with Crippen molar-refractivity contribution >= 4 is 59.3 Å². The van der Waals surface area contributed by atoms with E-state index in [0.29, 0.717) is 0 Å². The average Bonchev–Trinajstić information content (AvgIpc) is 3.72. The molecule has 1 heterocycles. The van der Waals surface area contributed by atoms with E-state index in [4.69, 9.17) is 0 Å². The Kier molecular flexibility index (Phi) is 9.11. The van der Waals surface area contributed by atoms with Gasteiger partial charge in [-0.1, -0.05) is 194 Å². The highest BCUT2D eigenvalue weighted by Gasteiger charge is 2.21.